The van der Waals surface area contributed by atoms with E-state index in [4.69, 9.17) is 0 Å². The molecule has 0 saturated heterocycles. The standard InChI is InChI=1S/C19H26N4O3S2/c1-5-17(27-18-12-14(4)20-13-21-18)19(24)22-15-8-10-16(11-9-15)28(25,26)23(6-2)7-3/h8-13,17H,5-7H2,1-4H3,(H,22,24). The number of nitrogens with one attached hydrogen (secondary N) is 1. The molecule has 1 atom stereocenters. The zero-order valence-electron chi connectivity index (χ0n) is 16.5. The molecule has 1 aromatic heterocycles. The minimum Gasteiger partial charge on any atom is -0.325 e. The monoisotopic (exact) mass is 422 g/mol. The van der Waals surface area contributed by atoms with E-state index in [0.29, 0.717) is 25.2 Å². The van der Waals surface area contributed by atoms with Crippen LogP contribution in [0.3, 0.4) is 0 Å². The van der Waals surface area contributed by atoms with Gasteiger partial charge < -0.3 is 5.32 Å². The quantitative estimate of drug-likeness (QED) is 0.492. The molecule has 0 bridgehead atoms. The van der Waals surface area contributed by atoms with Crippen molar-refractivity contribution in [3.05, 3.63) is 42.4 Å². The third-order valence-electron chi connectivity index (χ3n) is 4.17. The van der Waals surface area contributed by atoms with Crippen molar-refractivity contribution in [3.8, 4) is 0 Å². The Morgan fingerprint density at radius 2 is 1.79 bits per heavy atom. The number of aromatic nitrogens is 2. The molecule has 28 heavy (non-hydrogen) atoms. The number of amides is 1. The summed E-state index contributed by atoms with van der Waals surface area (Å²) < 4.78 is 26.5. The maximum Gasteiger partial charge on any atom is 0.243 e. The van der Waals surface area contributed by atoms with E-state index in [1.165, 1.54) is 34.5 Å². The van der Waals surface area contributed by atoms with Crippen molar-refractivity contribution in [2.45, 2.75) is 49.3 Å². The van der Waals surface area contributed by atoms with E-state index >= 15 is 0 Å². The van der Waals surface area contributed by atoms with Crippen LogP contribution in [0.4, 0.5) is 5.69 Å². The van der Waals surface area contributed by atoms with E-state index in [0.717, 1.165) is 10.7 Å². The number of carbonyl (C=O) groups excluding carboxylic acids is 1. The van der Waals surface area contributed by atoms with E-state index in [-0.39, 0.29) is 16.1 Å². The second-order valence-electron chi connectivity index (χ2n) is 6.12. The molecule has 2 aromatic rings. The summed E-state index contributed by atoms with van der Waals surface area (Å²) in [4.78, 5) is 21.1. The Balaban J connectivity index is 2.09. The van der Waals surface area contributed by atoms with Gasteiger partial charge in [-0.2, -0.15) is 4.31 Å². The van der Waals surface area contributed by atoms with E-state index in [9.17, 15) is 13.2 Å². The van der Waals surface area contributed by atoms with Gasteiger partial charge in [-0.1, -0.05) is 32.5 Å². The maximum atomic E-state index is 12.6. The molecule has 0 aliphatic carbocycles. The summed E-state index contributed by atoms with van der Waals surface area (Å²) in [5.41, 5.74) is 1.40. The van der Waals surface area contributed by atoms with Gasteiger partial charge in [-0.3, -0.25) is 4.79 Å². The number of hydrogen-bond acceptors (Lipinski definition) is 6. The molecule has 1 amide bonds. The van der Waals surface area contributed by atoms with Gasteiger partial charge in [0.1, 0.15) is 11.4 Å². The zero-order chi connectivity index (χ0) is 20.7. The van der Waals surface area contributed by atoms with Crippen molar-refractivity contribution in [1.82, 2.24) is 14.3 Å². The first-order valence-electron chi connectivity index (χ1n) is 9.18. The highest BCUT2D eigenvalue weighted by molar-refractivity contribution is 8.00. The molecule has 1 aromatic carbocycles. The molecule has 0 radical (unpaired) electrons. The fourth-order valence-corrected chi connectivity index (χ4v) is 5.04. The topological polar surface area (TPSA) is 92.3 Å². The van der Waals surface area contributed by atoms with E-state index in [1.54, 1.807) is 26.0 Å². The fraction of sp³-hybridized carbons (Fsp3) is 0.421. The van der Waals surface area contributed by atoms with Crippen molar-refractivity contribution in [3.63, 3.8) is 0 Å². The second kappa shape index (κ2) is 9.99. The molecule has 7 nitrogen and oxygen atoms in total. The highest BCUT2D eigenvalue weighted by Gasteiger charge is 2.22. The second-order valence-corrected chi connectivity index (χ2v) is 9.28. The predicted molar refractivity (Wildman–Crippen MR) is 112 cm³/mol. The van der Waals surface area contributed by atoms with Crippen LogP contribution in [-0.2, 0) is 14.8 Å². The molecule has 2 rings (SSSR count). The molecular formula is C19H26N4O3S2. The van der Waals surface area contributed by atoms with E-state index in [2.05, 4.69) is 15.3 Å². The fourth-order valence-electron chi connectivity index (χ4n) is 2.61. The van der Waals surface area contributed by atoms with Crippen LogP contribution in [0.5, 0.6) is 0 Å². The lowest BCUT2D eigenvalue weighted by molar-refractivity contribution is -0.115. The molecule has 1 heterocycles. The van der Waals surface area contributed by atoms with Gasteiger partial charge in [0.2, 0.25) is 15.9 Å². The summed E-state index contributed by atoms with van der Waals surface area (Å²) in [6.07, 6.45) is 2.12. The largest absolute Gasteiger partial charge is 0.325 e. The molecule has 1 unspecified atom stereocenters. The van der Waals surface area contributed by atoms with Gasteiger partial charge in [-0.25, -0.2) is 18.4 Å². The lowest BCUT2D eigenvalue weighted by Gasteiger charge is -2.19. The average molecular weight is 423 g/mol. The first-order chi connectivity index (χ1) is 13.3. The third kappa shape index (κ3) is 5.52. The minimum absolute atomic E-state index is 0.150. The third-order valence-corrected chi connectivity index (χ3v) is 7.53. The van der Waals surface area contributed by atoms with Gasteiger partial charge in [0.15, 0.2) is 0 Å². The van der Waals surface area contributed by atoms with Crippen LogP contribution in [0.15, 0.2) is 46.6 Å². The first-order valence-corrected chi connectivity index (χ1v) is 11.5. The summed E-state index contributed by atoms with van der Waals surface area (Å²) in [5.74, 6) is -0.150. The Morgan fingerprint density at radius 3 is 2.32 bits per heavy atom. The molecule has 152 valence electrons. The van der Waals surface area contributed by atoms with Gasteiger partial charge in [-0.05, 0) is 43.7 Å². The smallest absolute Gasteiger partial charge is 0.243 e. The maximum absolute atomic E-state index is 12.6. The molecule has 0 fully saturated rings. The van der Waals surface area contributed by atoms with Crippen LogP contribution >= 0.6 is 11.8 Å². The summed E-state index contributed by atoms with van der Waals surface area (Å²) in [7, 11) is -3.51. The summed E-state index contributed by atoms with van der Waals surface area (Å²) in [5, 5.41) is 3.29. The number of anilines is 1. The highest BCUT2D eigenvalue weighted by Crippen LogP contribution is 2.25. The molecule has 1 N–H and O–H groups in total. The molecule has 0 spiro atoms. The van der Waals surface area contributed by atoms with Gasteiger partial charge >= 0.3 is 0 Å². The number of nitrogens with zero attached hydrogens (tertiary/aromatic N) is 3. The van der Waals surface area contributed by atoms with Crippen molar-refractivity contribution >= 4 is 33.4 Å². The molecule has 0 aliphatic rings. The molecule has 0 saturated carbocycles. The number of hydrogen-bond donors (Lipinski definition) is 1. The average Bonchev–Trinajstić information content (AvgIpc) is 2.67. The van der Waals surface area contributed by atoms with Crippen LogP contribution in [0, 0.1) is 6.92 Å². The van der Waals surface area contributed by atoms with E-state index < -0.39 is 10.0 Å². The summed E-state index contributed by atoms with van der Waals surface area (Å²) in [6, 6.07) is 8.10. The first kappa shape index (κ1) is 22.3. The Bertz CT molecular complexity index is 898. The highest BCUT2D eigenvalue weighted by atomic mass is 32.2. The normalized spacial score (nSPS) is 12.8. The zero-order valence-corrected chi connectivity index (χ0v) is 18.2. The minimum atomic E-state index is -3.51. The molecular weight excluding hydrogens is 396 g/mol. The van der Waals surface area contributed by atoms with Gasteiger partial charge in [0.05, 0.1) is 10.1 Å². The SMILES string of the molecule is CCC(Sc1cc(C)ncn1)C(=O)Nc1ccc(S(=O)(=O)N(CC)CC)cc1. The van der Waals surface area contributed by atoms with Gasteiger partial charge in [-0.15, -0.1) is 0 Å². The summed E-state index contributed by atoms with van der Waals surface area (Å²) in [6.45, 7) is 8.24. The van der Waals surface area contributed by atoms with Crippen molar-refractivity contribution in [1.29, 1.82) is 0 Å². The Hall–Kier alpha value is -1.97. The van der Waals surface area contributed by atoms with Crippen molar-refractivity contribution in [2.75, 3.05) is 18.4 Å². The van der Waals surface area contributed by atoms with Crippen molar-refractivity contribution < 1.29 is 13.2 Å². The summed E-state index contributed by atoms with van der Waals surface area (Å²) >= 11 is 1.38. The lowest BCUT2D eigenvalue weighted by Crippen LogP contribution is -2.30. The number of thioether (sulfide) groups is 1. The Labute approximate surface area is 171 Å². The number of carbonyl (C=O) groups is 1. The Morgan fingerprint density at radius 1 is 1.14 bits per heavy atom. The van der Waals surface area contributed by atoms with E-state index in [1.807, 2.05) is 19.9 Å². The number of aryl methyl sites for hydroxylation is 1. The number of sulfonamides is 1. The van der Waals surface area contributed by atoms with Crippen LogP contribution in [0.1, 0.15) is 32.9 Å². The number of rotatable bonds is 9. The van der Waals surface area contributed by atoms with Crippen LogP contribution in [0.25, 0.3) is 0 Å². The van der Waals surface area contributed by atoms with Crippen LogP contribution in [0.2, 0.25) is 0 Å². The van der Waals surface area contributed by atoms with Crippen molar-refractivity contribution in [2.24, 2.45) is 0 Å². The molecule has 0 aliphatic heterocycles. The van der Waals surface area contributed by atoms with Crippen LogP contribution in [-0.4, -0.2) is 46.9 Å². The lowest BCUT2D eigenvalue weighted by atomic mass is 10.3. The Kier molecular flexibility index (Phi) is 7.97. The number of benzene rings is 1. The van der Waals surface area contributed by atoms with Gasteiger partial charge in [0.25, 0.3) is 0 Å². The molecule has 9 heteroatoms. The predicted octanol–water partition coefficient (Wildman–Crippen LogP) is 3.32. The van der Waals surface area contributed by atoms with Gasteiger partial charge in [0, 0.05) is 24.5 Å². The van der Waals surface area contributed by atoms with Crippen LogP contribution < -0.4 is 5.32 Å².